The number of methoxy groups -OCH3 is 2. The van der Waals surface area contributed by atoms with Gasteiger partial charge in [-0.15, -0.1) is 0 Å². The topological polar surface area (TPSA) is 71.1 Å². The van der Waals surface area contributed by atoms with Gasteiger partial charge in [0.05, 0.1) is 26.2 Å². The number of carbonyl (C=O) groups is 2. The normalized spacial score (nSPS) is 22.8. The smallest absolute Gasteiger partial charge is 0.227 e. The molecule has 3 unspecified atom stereocenters. The third-order valence-corrected chi connectivity index (χ3v) is 7.41. The van der Waals surface area contributed by atoms with Gasteiger partial charge in [0.25, 0.3) is 0 Å². The number of hydrogen-bond acceptors (Lipinski definition) is 5. The largest absolute Gasteiger partial charge is 0.493 e. The molecule has 2 aromatic carbocycles. The molecule has 0 bridgehead atoms. The Morgan fingerprint density at radius 3 is 2.49 bits per heavy atom. The first-order valence-corrected chi connectivity index (χ1v) is 12.6. The van der Waals surface area contributed by atoms with Gasteiger partial charge in [-0.1, -0.05) is 30.7 Å². The summed E-state index contributed by atoms with van der Waals surface area (Å²) in [6, 6.07) is 13.5. The predicted octanol–water partition coefficient (Wildman–Crippen LogP) is 4.10. The number of anilines is 1. The van der Waals surface area contributed by atoms with Crippen molar-refractivity contribution in [3.05, 3.63) is 53.6 Å². The number of aryl methyl sites for hydroxylation is 1. The number of nitrogens with one attached hydrogen (secondary N) is 1. The standard InChI is InChI=1S/C28H37N3O4/c1-5-30-16-6-7-22(30)18-29-28(33)23-13-15-26(32)31(21-11-8-19(2)9-12-21)27(23)20-10-14-24(34-3)25(17-20)35-4/h8-12,14,17,22-23,27H,5-7,13,15-16,18H2,1-4H3,(H,29,33). The van der Waals surface area contributed by atoms with Crippen LogP contribution in [-0.2, 0) is 9.59 Å². The van der Waals surface area contributed by atoms with Crippen molar-refractivity contribution in [3.8, 4) is 11.5 Å². The minimum atomic E-state index is -0.440. The average molecular weight is 480 g/mol. The number of benzene rings is 2. The summed E-state index contributed by atoms with van der Waals surface area (Å²) >= 11 is 0. The van der Waals surface area contributed by atoms with Gasteiger partial charge < -0.3 is 19.7 Å². The fraction of sp³-hybridized carbons (Fsp3) is 0.500. The van der Waals surface area contributed by atoms with Gasteiger partial charge in [-0.05, 0) is 69.1 Å². The predicted molar refractivity (Wildman–Crippen MR) is 137 cm³/mol. The van der Waals surface area contributed by atoms with Crippen LogP contribution in [0.5, 0.6) is 11.5 Å². The molecule has 7 nitrogen and oxygen atoms in total. The Kier molecular flexibility index (Phi) is 7.96. The maximum atomic E-state index is 13.6. The highest BCUT2D eigenvalue weighted by atomic mass is 16.5. The van der Waals surface area contributed by atoms with E-state index in [0.717, 1.165) is 36.3 Å². The summed E-state index contributed by atoms with van der Waals surface area (Å²) in [5.74, 6) is 0.837. The first kappa shape index (κ1) is 25.0. The van der Waals surface area contributed by atoms with Crippen molar-refractivity contribution in [2.45, 2.75) is 51.6 Å². The maximum Gasteiger partial charge on any atom is 0.227 e. The summed E-state index contributed by atoms with van der Waals surface area (Å²) in [5, 5.41) is 3.23. The minimum Gasteiger partial charge on any atom is -0.493 e. The average Bonchev–Trinajstić information content (AvgIpc) is 3.35. The minimum absolute atomic E-state index is 0.00245. The van der Waals surface area contributed by atoms with Gasteiger partial charge in [0, 0.05) is 24.7 Å². The molecule has 0 aliphatic carbocycles. The van der Waals surface area contributed by atoms with E-state index in [9.17, 15) is 9.59 Å². The summed E-state index contributed by atoms with van der Waals surface area (Å²) in [7, 11) is 3.19. The molecule has 0 aromatic heterocycles. The van der Waals surface area contributed by atoms with Crippen LogP contribution in [0.15, 0.2) is 42.5 Å². The van der Waals surface area contributed by atoms with Crippen LogP contribution in [0.4, 0.5) is 5.69 Å². The van der Waals surface area contributed by atoms with Crippen molar-refractivity contribution >= 4 is 17.5 Å². The number of likely N-dealkylation sites (tertiary alicyclic amines) is 1. The Bertz CT molecular complexity index is 1040. The Labute approximate surface area is 208 Å². The summed E-state index contributed by atoms with van der Waals surface area (Å²) in [4.78, 5) is 31.1. The molecule has 0 radical (unpaired) electrons. The molecule has 7 heteroatoms. The van der Waals surface area contributed by atoms with Gasteiger partial charge in [0.2, 0.25) is 11.8 Å². The highest BCUT2D eigenvalue weighted by molar-refractivity contribution is 5.97. The van der Waals surface area contributed by atoms with Crippen molar-refractivity contribution in [2.24, 2.45) is 5.92 Å². The van der Waals surface area contributed by atoms with Crippen molar-refractivity contribution in [1.82, 2.24) is 10.2 Å². The second-order valence-corrected chi connectivity index (χ2v) is 9.47. The van der Waals surface area contributed by atoms with Gasteiger partial charge >= 0.3 is 0 Å². The Hall–Kier alpha value is -3.06. The van der Waals surface area contributed by atoms with Gasteiger partial charge in [0.1, 0.15) is 0 Å². The van der Waals surface area contributed by atoms with E-state index < -0.39 is 6.04 Å². The number of carbonyl (C=O) groups excluding carboxylic acids is 2. The summed E-state index contributed by atoms with van der Waals surface area (Å²) in [5.41, 5.74) is 2.77. The fourth-order valence-electron chi connectivity index (χ4n) is 5.49. The third-order valence-electron chi connectivity index (χ3n) is 7.41. The van der Waals surface area contributed by atoms with Crippen LogP contribution >= 0.6 is 0 Å². The molecule has 0 saturated carbocycles. The molecule has 2 aromatic rings. The molecule has 2 aliphatic heterocycles. The SMILES string of the molecule is CCN1CCCC1CNC(=O)C1CCC(=O)N(c2ccc(C)cc2)C1c1ccc(OC)c(OC)c1. The maximum absolute atomic E-state index is 13.6. The molecular formula is C28H37N3O4. The van der Waals surface area contributed by atoms with Crippen molar-refractivity contribution < 1.29 is 19.1 Å². The number of amides is 2. The number of hydrogen-bond donors (Lipinski definition) is 1. The first-order chi connectivity index (χ1) is 17.0. The third kappa shape index (κ3) is 5.30. The molecule has 0 spiro atoms. The van der Waals surface area contributed by atoms with E-state index in [0.29, 0.717) is 36.9 Å². The van der Waals surface area contributed by atoms with E-state index in [1.165, 1.54) is 6.42 Å². The first-order valence-electron chi connectivity index (χ1n) is 12.6. The lowest BCUT2D eigenvalue weighted by Crippen LogP contribution is -2.50. The lowest BCUT2D eigenvalue weighted by Gasteiger charge is -2.41. The summed E-state index contributed by atoms with van der Waals surface area (Å²) in [6.07, 6.45) is 3.11. The molecule has 2 saturated heterocycles. The van der Waals surface area contributed by atoms with Gasteiger partial charge in [-0.25, -0.2) is 0 Å². The van der Waals surface area contributed by atoms with Crippen LogP contribution in [0.1, 0.15) is 49.8 Å². The molecule has 3 atom stereocenters. The highest BCUT2D eigenvalue weighted by Crippen LogP contribution is 2.42. The highest BCUT2D eigenvalue weighted by Gasteiger charge is 2.42. The number of ether oxygens (including phenoxy) is 2. The van der Waals surface area contributed by atoms with Crippen LogP contribution < -0.4 is 19.7 Å². The van der Waals surface area contributed by atoms with E-state index in [4.69, 9.17) is 9.47 Å². The van der Waals surface area contributed by atoms with Gasteiger partial charge in [-0.3, -0.25) is 14.5 Å². The van der Waals surface area contributed by atoms with Gasteiger partial charge in [-0.2, -0.15) is 0 Å². The number of piperidine rings is 1. The van der Waals surface area contributed by atoms with E-state index in [1.807, 2.05) is 49.4 Å². The van der Waals surface area contributed by atoms with Crippen LogP contribution in [0.2, 0.25) is 0 Å². The Morgan fingerprint density at radius 2 is 1.80 bits per heavy atom. The van der Waals surface area contributed by atoms with Crippen LogP contribution in [0.3, 0.4) is 0 Å². The Morgan fingerprint density at radius 1 is 1.06 bits per heavy atom. The number of likely N-dealkylation sites (N-methyl/N-ethyl adjacent to an activating group) is 1. The number of nitrogens with zero attached hydrogens (tertiary/aromatic N) is 2. The lowest BCUT2D eigenvalue weighted by atomic mass is 9.83. The quantitative estimate of drug-likeness (QED) is 0.617. The molecule has 4 rings (SSSR count). The van der Waals surface area contributed by atoms with Gasteiger partial charge in [0.15, 0.2) is 11.5 Å². The molecular weight excluding hydrogens is 442 g/mol. The summed E-state index contributed by atoms with van der Waals surface area (Å²) < 4.78 is 11.0. The van der Waals surface area contributed by atoms with E-state index in [-0.39, 0.29) is 17.7 Å². The van der Waals surface area contributed by atoms with Crippen molar-refractivity contribution in [1.29, 1.82) is 0 Å². The second kappa shape index (κ2) is 11.1. The second-order valence-electron chi connectivity index (χ2n) is 9.47. The molecule has 2 aliphatic rings. The molecule has 188 valence electrons. The summed E-state index contributed by atoms with van der Waals surface area (Å²) in [6.45, 7) is 6.91. The fourth-order valence-corrected chi connectivity index (χ4v) is 5.49. The van der Waals surface area contributed by atoms with E-state index in [1.54, 1.807) is 19.1 Å². The number of rotatable bonds is 8. The van der Waals surface area contributed by atoms with Crippen molar-refractivity contribution in [3.63, 3.8) is 0 Å². The molecule has 2 fully saturated rings. The van der Waals surface area contributed by atoms with E-state index in [2.05, 4.69) is 17.1 Å². The van der Waals surface area contributed by atoms with E-state index >= 15 is 0 Å². The lowest BCUT2D eigenvalue weighted by molar-refractivity contribution is -0.129. The van der Waals surface area contributed by atoms with Crippen molar-refractivity contribution in [2.75, 3.05) is 38.8 Å². The molecule has 1 N–H and O–H groups in total. The zero-order valence-electron chi connectivity index (χ0n) is 21.3. The molecule has 2 amide bonds. The van der Waals surface area contributed by atoms with Crippen LogP contribution in [0, 0.1) is 12.8 Å². The zero-order chi connectivity index (χ0) is 24.9. The monoisotopic (exact) mass is 479 g/mol. The zero-order valence-corrected chi connectivity index (χ0v) is 21.3. The van der Waals surface area contributed by atoms with Crippen LogP contribution in [-0.4, -0.2) is 56.6 Å². The molecule has 35 heavy (non-hydrogen) atoms. The molecule has 2 heterocycles. The Balaban J connectivity index is 1.68. The van der Waals surface area contributed by atoms with Crippen LogP contribution in [0.25, 0.3) is 0 Å².